The van der Waals surface area contributed by atoms with Gasteiger partial charge in [-0.2, -0.15) is 0 Å². The molecule has 0 saturated heterocycles. The van der Waals surface area contributed by atoms with Crippen molar-refractivity contribution in [2.24, 2.45) is 0 Å². The predicted octanol–water partition coefficient (Wildman–Crippen LogP) is 3.26. The van der Waals surface area contributed by atoms with Crippen molar-refractivity contribution in [3.05, 3.63) is 65.7 Å². The lowest BCUT2D eigenvalue weighted by atomic mass is 10.0. The number of benzene rings is 2. The first-order valence-corrected chi connectivity index (χ1v) is 8.44. The Morgan fingerprint density at radius 2 is 1.74 bits per heavy atom. The molecule has 0 aromatic heterocycles. The van der Waals surface area contributed by atoms with Gasteiger partial charge in [0, 0.05) is 12.0 Å². The Morgan fingerprint density at radius 1 is 1.00 bits per heavy atom. The van der Waals surface area contributed by atoms with Crippen LogP contribution in [0.2, 0.25) is 0 Å². The van der Waals surface area contributed by atoms with Crippen LogP contribution in [-0.2, 0) is 5.72 Å². The lowest BCUT2D eigenvalue weighted by Gasteiger charge is -2.24. The van der Waals surface area contributed by atoms with E-state index < -0.39 is 5.72 Å². The average Bonchev–Trinajstić information content (AvgIpc) is 2.91. The van der Waals surface area contributed by atoms with E-state index in [0.29, 0.717) is 6.54 Å². The zero-order valence-electron chi connectivity index (χ0n) is 13.6. The molecule has 0 radical (unpaired) electrons. The first-order valence-electron chi connectivity index (χ1n) is 8.44. The highest BCUT2D eigenvalue weighted by molar-refractivity contribution is 5.96. The average molecular weight is 307 g/mol. The summed E-state index contributed by atoms with van der Waals surface area (Å²) >= 11 is 0. The van der Waals surface area contributed by atoms with Crippen molar-refractivity contribution in [3.63, 3.8) is 0 Å². The highest BCUT2D eigenvalue weighted by atomic mass is 16.3. The minimum atomic E-state index is -0.929. The van der Waals surface area contributed by atoms with Crippen LogP contribution in [0.25, 0.3) is 0 Å². The quantitative estimate of drug-likeness (QED) is 0.862. The zero-order valence-corrected chi connectivity index (χ0v) is 13.6. The van der Waals surface area contributed by atoms with Crippen molar-refractivity contribution in [2.45, 2.75) is 31.9 Å². The van der Waals surface area contributed by atoms with Gasteiger partial charge in [0.2, 0.25) is 0 Å². The topological polar surface area (TPSA) is 26.5 Å². The van der Waals surface area contributed by atoms with E-state index in [-0.39, 0.29) is 0 Å². The number of β-amino-alcohol motifs (C(OH)–C–C–N with tert-alkyl or cyclic N) is 1. The molecule has 0 bridgehead atoms. The third-order valence-electron chi connectivity index (χ3n) is 5.06. The molecule has 2 heterocycles. The number of aryl methyl sites for hydroxylation is 1. The molecule has 0 fully saturated rings. The molecule has 4 rings (SSSR count). The number of amidine groups is 1. The van der Waals surface area contributed by atoms with Crippen molar-refractivity contribution < 1.29 is 9.68 Å². The highest BCUT2D eigenvalue weighted by Crippen LogP contribution is 2.35. The van der Waals surface area contributed by atoms with Crippen molar-refractivity contribution in [3.8, 4) is 0 Å². The van der Waals surface area contributed by atoms with Crippen LogP contribution < -0.4 is 4.90 Å². The number of aliphatic hydroxyl groups is 1. The second kappa shape index (κ2) is 5.50. The van der Waals surface area contributed by atoms with Crippen LogP contribution in [0, 0.1) is 6.92 Å². The third-order valence-corrected chi connectivity index (χ3v) is 5.06. The summed E-state index contributed by atoms with van der Waals surface area (Å²) in [6, 6.07) is 18.7. The number of hydrogen-bond donors (Lipinski definition) is 1. The van der Waals surface area contributed by atoms with Gasteiger partial charge in [-0.1, -0.05) is 48.0 Å². The minimum Gasteiger partial charge on any atom is -0.346 e. The van der Waals surface area contributed by atoms with Crippen molar-refractivity contribution >= 4 is 11.5 Å². The van der Waals surface area contributed by atoms with Gasteiger partial charge < -0.3 is 5.11 Å². The summed E-state index contributed by atoms with van der Waals surface area (Å²) in [6.45, 7) is 3.62. The van der Waals surface area contributed by atoms with Crippen LogP contribution in [-0.4, -0.2) is 28.6 Å². The molecule has 1 atom stereocenters. The van der Waals surface area contributed by atoms with E-state index in [2.05, 4.69) is 40.7 Å². The van der Waals surface area contributed by atoms with Gasteiger partial charge in [0.05, 0.1) is 6.54 Å². The van der Waals surface area contributed by atoms with Crippen LogP contribution in [0.4, 0.5) is 5.69 Å². The van der Waals surface area contributed by atoms with Gasteiger partial charge in [0.1, 0.15) is 5.69 Å². The van der Waals surface area contributed by atoms with Crippen LogP contribution in [0.5, 0.6) is 0 Å². The van der Waals surface area contributed by atoms with Gasteiger partial charge in [-0.3, -0.25) is 0 Å². The maximum atomic E-state index is 11.5. The summed E-state index contributed by atoms with van der Waals surface area (Å²) < 4.78 is 2.21. The molecule has 0 aliphatic carbocycles. The number of rotatable bonds is 2. The molecular formula is C20H23N2O+. The summed E-state index contributed by atoms with van der Waals surface area (Å²) in [7, 11) is 0. The van der Waals surface area contributed by atoms with Crippen molar-refractivity contribution in [1.82, 2.24) is 0 Å². The van der Waals surface area contributed by atoms with Crippen LogP contribution in [0.15, 0.2) is 54.6 Å². The van der Waals surface area contributed by atoms with Gasteiger partial charge in [-0.15, -0.1) is 0 Å². The summed E-state index contributed by atoms with van der Waals surface area (Å²) in [5.41, 5.74) is 2.48. The fourth-order valence-corrected chi connectivity index (χ4v) is 3.81. The Hall–Kier alpha value is -2.13. The summed E-state index contributed by atoms with van der Waals surface area (Å²) in [5.74, 6) is 1.26. The smallest absolute Gasteiger partial charge is 0.271 e. The van der Waals surface area contributed by atoms with Crippen LogP contribution in [0.1, 0.15) is 30.4 Å². The number of anilines is 1. The first-order chi connectivity index (χ1) is 11.2. The molecule has 0 spiro atoms. The molecule has 2 aromatic rings. The third kappa shape index (κ3) is 2.36. The highest BCUT2D eigenvalue weighted by Gasteiger charge is 2.52. The largest absolute Gasteiger partial charge is 0.346 e. The van der Waals surface area contributed by atoms with Gasteiger partial charge in [0.15, 0.2) is 6.54 Å². The van der Waals surface area contributed by atoms with Gasteiger partial charge >= 0.3 is 0 Å². The minimum absolute atomic E-state index is 0.593. The van der Waals surface area contributed by atoms with Gasteiger partial charge in [0.25, 0.3) is 11.6 Å². The second-order valence-electron chi connectivity index (χ2n) is 6.63. The van der Waals surface area contributed by atoms with E-state index in [1.54, 1.807) is 0 Å². The SMILES string of the molecule is Cc1ccc(N2CC(O)(c3ccccc3)[N+]3=C2CCCC3)cc1. The molecule has 1 N–H and O–H groups in total. The Labute approximate surface area is 137 Å². The molecule has 0 amide bonds. The fraction of sp³-hybridized carbons (Fsp3) is 0.350. The Bertz CT molecular complexity index is 736. The molecule has 3 nitrogen and oxygen atoms in total. The second-order valence-corrected chi connectivity index (χ2v) is 6.63. The van der Waals surface area contributed by atoms with Crippen LogP contribution in [0.3, 0.4) is 0 Å². The first kappa shape index (κ1) is 14.5. The Kier molecular flexibility index (Phi) is 3.46. The summed E-state index contributed by atoms with van der Waals surface area (Å²) in [6.07, 6.45) is 3.36. The van der Waals surface area contributed by atoms with E-state index in [0.717, 1.165) is 24.9 Å². The summed E-state index contributed by atoms with van der Waals surface area (Å²) in [5, 5.41) is 11.5. The monoisotopic (exact) mass is 307 g/mol. The van der Waals surface area contributed by atoms with Gasteiger partial charge in [-0.25, -0.2) is 9.48 Å². The Morgan fingerprint density at radius 3 is 2.48 bits per heavy atom. The van der Waals surface area contributed by atoms with E-state index >= 15 is 0 Å². The maximum Gasteiger partial charge on any atom is 0.271 e. The van der Waals surface area contributed by atoms with Crippen molar-refractivity contribution in [2.75, 3.05) is 18.0 Å². The van der Waals surface area contributed by atoms with Gasteiger partial charge in [-0.05, 0) is 31.9 Å². The van der Waals surface area contributed by atoms with E-state index in [9.17, 15) is 5.11 Å². The zero-order chi connectivity index (χ0) is 15.9. The molecule has 118 valence electrons. The van der Waals surface area contributed by atoms with Crippen LogP contribution >= 0.6 is 0 Å². The van der Waals surface area contributed by atoms with E-state index in [1.807, 2.05) is 30.3 Å². The standard InChI is InChI=1S/C20H23N2O/c1-16-10-12-18(13-11-16)21-15-20(23,17-7-3-2-4-8-17)22-14-6-5-9-19(21)22/h2-4,7-8,10-13,23H,5-6,9,14-15H2,1H3/q+1. The molecule has 0 saturated carbocycles. The number of nitrogens with zero attached hydrogens (tertiary/aromatic N) is 2. The lowest BCUT2D eigenvalue weighted by Crippen LogP contribution is -2.41. The molecular weight excluding hydrogens is 284 g/mol. The van der Waals surface area contributed by atoms with Crippen molar-refractivity contribution in [1.29, 1.82) is 0 Å². The van der Waals surface area contributed by atoms with E-state index in [4.69, 9.17) is 0 Å². The van der Waals surface area contributed by atoms with E-state index in [1.165, 1.54) is 23.5 Å². The molecule has 1 unspecified atom stereocenters. The maximum absolute atomic E-state index is 11.5. The lowest BCUT2D eigenvalue weighted by molar-refractivity contribution is -0.661. The molecule has 23 heavy (non-hydrogen) atoms. The molecule has 2 aliphatic heterocycles. The molecule has 3 heteroatoms. The number of hydrogen-bond acceptors (Lipinski definition) is 2. The molecule has 2 aliphatic rings. The predicted molar refractivity (Wildman–Crippen MR) is 92.8 cm³/mol. The summed E-state index contributed by atoms with van der Waals surface area (Å²) in [4.78, 5) is 2.30. The molecule has 2 aromatic carbocycles. The fourth-order valence-electron chi connectivity index (χ4n) is 3.81. The Balaban J connectivity index is 1.79. The normalized spacial score (nSPS) is 24.0.